The molecule has 0 aliphatic rings. The molecule has 0 saturated heterocycles. The number of ether oxygens (including phenoxy) is 1. The van der Waals surface area contributed by atoms with Crippen LogP contribution in [0.5, 0.6) is 0 Å². The van der Waals surface area contributed by atoms with Crippen LogP contribution >= 0.6 is 0 Å². The normalized spacial score (nSPS) is 11.7. The zero-order valence-corrected chi connectivity index (χ0v) is 22.0. The SMILES string of the molecule is CCCCCCCCCCOC(=O)c1[nH]c(=O)c(-c2cccc(C(F)(F)F)c2)cc1-c1cc2ccccc2[nH]1. The number of nitrogens with one attached hydrogen (secondary N) is 2. The molecule has 0 amide bonds. The molecule has 5 nitrogen and oxygen atoms in total. The van der Waals surface area contributed by atoms with Crippen LogP contribution in [0.1, 0.15) is 74.3 Å². The van der Waals surface area contributed by atoms with Gasteiger partial charge in [-0.1, -0.05) is 82.2 Å². The second-order valence-electron chi connectivity index (χ2n) is 9.76. The predicted molar refractivity (Wildman–Crippen MR) is 148 cm³/mol. The van der Waals surface area contributed by atoms with Crippen molar-refractivity contribution in [3.63, 3.8) is 0 Å². The topological polar surface area (TPSA) is 75.0 Å². The van der Waals surface area contributed by atoms with Gasteiger partial charge in [-0.05, 0) is 42.3 Å². The average Bonchev–Trinajstić information content (AvgIpc) is 3.35. The summed E-state index contributed by atoms with van der Waals surface area (Å²) < 4.78 is 45.5. The summed E-state index contributed by atoms with van der Waals surface area (Å²) in [6, 6.07) is 15.4. The third kappa shape index (κ3) is 7.19. The van der Waals surface area contributed by atoms with Crippen LogP contribution in [0.15, 0.2) is 65.5 Å². The maximum Gasteiger partial charge on any atom is 0.416 e. The highest BCUT2D eigenvalue weighted by molar-refractivity contribution is 5.97. The Labute approximate surface area is 225 Å². The van der Waals surface area contributed by atoms with Crippen molar-refractivity contribution in [3.8, 4) is 22.4 Å². The number of rotatable bonds is 12. The zero-order chi connectivity index (χ0) is 27.8. The molecule has 0 fully saturated rings. The first-order valence-corrected chi connectivity index (χ1v) is 13.5. The van der Waals surface area contributed by atoms with E-state index in [4.69, 9.17) is 4.74 Å². The number of unbranched alkanes of at least 4 members (excludes halogenated alkanes) is 7. The molecule has 0 aliphatic carbocycles. The van der Waals surface area contributed by atoms with E-state index in [9.17, 15) is 22.8 Å². The lowest BCUT2D eigenvalue weighted by Gasteiger charge is -2.12. The summed E-state index contributed by atoms with van der Waals surface area (Å²) in [4.78, 5) is 32.0. The van der Waals surface area contributed by atoms with Gasteiger partial charge in [0, 0.05) is 27.7 Å². The number of carbonyl (C=O) groups is 1. The van der Waals surface area contributed by atoms with Gasteiger partial charge in [-0.3, -0.25) is 4.79 Å². The van der Waals surface area contributed by atoms with Crippen LogP contribution in [0, 0.1) is 0 Å². The van der Waals surface area contributed by atoms with E-state index in [0.717, 1.165) is 42.3 Å². The van der Waals surface area contributed by atoms with Crippen LogP contribution in [0.2, 0.25) is 0 Å². The largest absolute Gasteiger partial charge is 0.461 e. The predicted octanol–water partition coefficient (Wildman–Crippen LogP) is 8.51. The highest BCUT2D eigenvalue weighted by Crippen LogP contribution is 2.33. The summed E-state index contributed by atoms with van der Waals surface area (Å²) in [7, 11) is 0. The van der Waals surface area contributed by atoms with Crippen molar-refractivity contribution in [3.05, 3.63) is 82.3 Å². The first kappa shape index (κ1) is 28.2. The molecule has 8 heteroatoms. The van der Waals surface area contributed by atoms with Crippen LogP contribution in [0.4, 0.5) is 13.2 Å². The van der Waals surface area contributed by atoms with E-state index in [2.05, 4.69) is 16.9 Å². The van der Waals surface area contributed by atoms with Gasteiger partial charge < -0.3 is 14.7 Å². The van der Waals surface area contributed by atoms with Gasteiger partial charge >= 0.3 is 12.1 Å². The number of fused-ring (bicyclic) bond motifs is 1. The van der Waals surface area contributed by atoms with E-state index in [1.54, 1.807) is 0 Å². The summed E-state index contributed by atoms with van der Waals surface area (Å²) in [6.45, 7) is 2.40. The quantitative estimate of drug-likeness (QED) is 0.140. The van der Waals surface area contributed by atoms with E-state index in [0.29, 0.717) is 17.7 Å². The van der Waals surface area contributed by atoms with Crippen LogP contribution in [-0.2, 0) is 10.9 Å². The number of carbonyl (C=O) groups excluding carboxylic acids is 1. The molecule has 0 spiro atoms. The van der Waals surface area contributed by atoms with Gasteiger partial charge in [0.25, 0.3) is 5.56 Å². The number of hydrogen-bond donors (Lipinski definition) is 2. The number of esters is 1. The number of benzene rings is 2. The van der Waals surface area contributed by atoms with Gasteiger partial charge in [0.1, 0.15) is 5.69 Å². The number of para-hydroxylation sites is 1. The Bertz CT molecular complexity index is 1440. The Balaban J connectivity index is 1.59. The summed E-state index contributed by atoms with van der Waals surface area (Å²) >= 11 is 0. The number of alkyl halides is 3. The number of H-pyrrole nitrogens is 2. The molecule has 4 aromatic rings. The van der Waals surface area contributed by atoms with Crippen molar-refractivity contribution in [2.75, 3.05) is 6.61 Å². The summed E-state index contributed by atoms with van der Waals surface area (Å²) in [6.07, 6.45) is 4.25. The van der Waals surface area contributed by atoms with Gasteiger partial charge in [0.05, 0.1) is 12.2 Å². The van der Waals surface area contributed by atoms with Crippen molar-refractivity contribution in [2.24, 2.45) is 0 Å². The molecule has 0 radical (unpaired) electrons. The van der Waals surface area contributed by atoms with Crippen LogP contribution in [0.3, 0.4) is 0 Å². The minimum atomic E-state index is -4.55. The van der Waals surface area contributed by atoms with E-state index in [1.807, 2.05) is 30.3 Å². The summed E-state index contributed by atoms with van der Waals surface area (Å²) in [5.41, 5.74) is 0.253. The molecule has 0 saturated carbocycles. The number of halogens is 3. The molecule has 0 unspecified atom stereocenters. The van der Waals surface area contributed by atoms with Gasteiger partial charge in [-0.2, -0.15) is 13.2 Å². The van der Waals surface area contributed by atoms with Crippen molar-refractivity contribution in [1.82, 2.24) is 9.97 Å². The average molecular weight is 539 g/mol. The van der Waals surface area contributed by atoms with Crippen LogP contribution in [-0.4, -0.2) is 22.5 Å². The van der Waals surface area contributed by atoms with Crippen LogP contribution in [0.25, 0.3) is 33.3 Å². The van der Waals surface area contributed by atoms with E-state index >= 15 is 0 Å². The highest BCUT2D eigenvalue weighted by Gasteiger charge is 2.31. The summed E-state index contributed by atoms with van der Waals surface area (Å²) in [5.74, 6) is -0.681. The fourth-order valence-electron chi connectivity index (χ4n) is 4.67. The van der Waals surface area contributed by atoms with E-state index in [-0.39, 0.29) is 23.4 Å². The van der Waals surface area contributed by atoms with Crippen molar-refractivity contribution in [2.45, 2.75) is 64.5 Å². The lowest BCUT2D eigenvalue weighted by atomic mass is 10.00. The maximum atomic E-state index is 13.3. The molecule has 2 aromatic carbocycles. The minimum Gasteiger partial charge on any atom is -0.461 e. The highest BCUT2D eigenvalue weighted by atomic mass is 19.4. The Morgan fingerprint density at radius 3 is 2.26 bits per heavy atom. The molecule has 39 heavy (non-hydrogen) atoms. The Morgan fingerprint density at radius 2 is 1.54 bits per heavy atom. The third-order valence-electron chi connectivity index (χ3n) is 6.80. The zero-order valence-electron chi connectivity index (χ0n) is 22.0. The fourth-order valence-corrected chi connectivity index (χ4v) is 4.67. The van der Waals surface area contributed by atoms with Crippen molar-refractivity contribution < 1.29 is 22.7 Å². The minimum absolute atomic E-state index is 0.0226. The third-order valence-corrected chi connectivity index (χ3v) is 6.80. The lowest BCUT2D eigenvalue weighted by molar-refractivity contribution is -0.137. The first-order chi connectivity index (χ1) is 18.8. The summed E-state index contributed by atoms with van der Waals surface area (Å²) in [5, 5.41) is 0.887. The molecule has 0 bridgehead atoms. The Morgan fingerprint density at radius 1 is 0.821 bits per heavy atom. The number of aromatic nitrogens is 2. The molecule has 2 heterocycles. The Hall–Kier alpha value is -3.81. The molecule has 0 atom stereocenters. The number of hydrogen-bond acceptors (Lipinski definition) is 3. The van der Waals surface area contributed by atoms with Gasteiger partial charge in [0.15, 0.2) is 0 Å². The maximum absolute atomic E-state index is 13.3. The number of pyridine rings is 1. The monoisotopic (exact) mass is 538 g/mol. The Kier molecular flexibility index (Phi) is 9.28. The molecule has 2 N–H and O–H groups in total. The molecule has 206 valence electrons. The molecule has 0 aliphatic heterocycles. The molecule has 2 aromatic heterocycles. The fraction of sp³-hybridized carbons (Fsp3) is 0.355. The number of aromatic amines is 2. The molecular formula is C31H33F3N2O3. The van der Waals surface area contributed by atoms with E-state index in [1.165, 1.54) is 43.9 Å². The van der Waals surface area contributed by atoms with Gasteiger partial charge in [-0.25, -0.2) is 4.79 Å². The second-order valence-corrected chi connectivity index (χ2v) is 9.76. The van der Waals surface area contributed by atoms with Gasteiger partial charge in [-0.15, -0.1) is 0 Å². The van der Waals surface area contributed by atoms with Gasteiger partial charge in [0.2, 0.25) is 0 Å². The van der Waals surface area contributed by atoms with Crippen LogP contribution < -0.4 is 5.56 Å². The van der Waals surface area contributed by atoms with Crippen molar-refractivity contribution in [1.29, 1.82) is 0 Å². The lowest BCUT2D eigenvalue weighted by Crippen LogP contribution is -2.19. The van der Waals surface area contributed by atoms with Crippen molar-refractivity contribution >= 4 is 16.9 Å². The smallest absolute Gasteiger partial charge is 0.416 e. The van der Waals surface area contributed by atoms with E-state index < -0.39 is 23.3 Å². The standard InChI is InChI=1S/C31H33F3N2O3/c1-2-3-4-5-6-7-8-11-17-39-30(38)28-25(27-19-22-13-9-10-16-26(22)35-27)20-24(29(37)36-28)21-14-12-15-23(18-21)31(32,33)34/h9-10,12-16,18-20,35H,2-8,11,17H2,1H3,(H,36,37). The first-order valence-electron chi connectivity index (χ1n) is 13.5. The molecular weight excluding hydrogens is 505 g/mol. The molecule has 4 rings (SSSR count). The second kappa shape index (κ2) is 12.8.